The van der Waals surface area contributed by atoms with Crippen LogP contribution in [0.5, 0.6) is 5.75 Å². The molecule has 1 heterocycles. The number of benzene rings is 1. The lowest BCUT2D eigenvalue weighted by atomic mass is 10.2. The van der Waals surface area contributed by atoms with Gasteiger partial charge in [-0.25, -0.2) is 14.4 Å². The van der Waals surface area contributed by atoms with Crippen molar-refractivity contribution in [3.05, 3.63) is 48.3 Å². The number of halogens is 1. The Hall–Kier alpha value is -2.21. The van der Waals surface area contributed by atoms with Crippen LogP contribution in [0.1, 0.15) is 11.7 Å². The molecule has 0 saturated carbocycles. The third-order valence-corrected chi connectivity index (χ3v) is 2.69. The van der Waals surface area contributed by atoms with Crippen molar-refractivity contribution in [2.24, 2.45) is 5.73 Å². The molecule has 0 amide bonds. The molecule has 0 spiro atoms. The van der Waals surface area contributed by atoms with Crippen LogP contribution in [0.25, 0.3) is 0 Å². The summed E-state index contributed by atoms with van der Waals surface area (Å²) < 4.78 is 18.2. The summed E-state index contributed by atoms with van der Waals surface area (Å²) in [5.41, 5.74) is 7.22. The van der Waals surface area contributed by atoms with Crippen LogP contribution in [-0.2, 0) is 0 Å². The Bertz CT molecular complexity index is 535. The molecule has 0 aliphatic heterocycles. The van der Waals surface area contributed by atoms with Gasteiger partial charge >= 0.3 is 0 Å². The Morgan fingerprint density at radius 3 is 2.89 bits per heavy atom. The topological polar surface area (TPSA) is 73.1 Å². The van der Waals surface area contributed by atoms with Crippen molar-refractivity contribution < 1.29 is 9.13 Å². The lowest BCUT2D eigenvalue weighted by molar-refractivity contribution is 0.386. The summed E-state index contributed by atoms with van der Waals surface area (Å²) in [6.45, 7) is 0.358. The summed E-state index contributed by atoms with van der Waals surface area (Å²) in [5.74, 6) is -0.220. The monoisotopic (exact) mass is 262 g/mol. The van der Waals surface area contributed by atoms with Crippen molar-refractivity contribution in [1.82, 2.24) is 9.97 Å². The average Bonchev–Trinajstić information content (AvgIpc) is 2.47. The molecule has 1 unspecified atom stereocenters. The Kier molecular flexibility index (Phi) is 4.25. The first kappa shape index (κ1) is 13.2. The second kappa shape index (κ2) is 6.10. The second-order valence-corrected chi connectivity index (χ2v) is 3.92. The van der Waals surface area contributed by atoms with Crippen molar-refractivity contribution in [2.75, 3.05) is 19.0 Å². The van der Waals surface area contributed by atoms with Crippen LogP contribution < -0.4 is 15.8 Å². The van der Waals surface area contributed by atoms with Gasteiger partial charge in [-0.2, -0.15) is 0 Å². The predicted octanol–water partition coefficient (Wildman–Crippen LogP) is 1.74. The minimum absolute atomic E-state index is 0.168. The Morgan fingerprint density at radius 2 is 2.26 bits per heavy atom. The average molecular weight is 262 g/mol. The lowest BCUT2D eigenvalue weighted by Gasteiger charge is -2.18. The van der Waals surface area contributed by atoms with E-state index in [1.807, 2.05) is 0 Å². The van der Waals surface area contributed by atoms with Crippen LogP contribution >= 0.6 is 0 Å². The van der Waals surface area contributed by atoms with E-state index in [9.17, 15) is 4.39 Å². The standard InChI is InChI=1S/C13H15FN4O/c1-19-13-6-9(2-3-10(13)14)18-12(7-15)11-4-5-16-8-17-11/h2-6,8,12,18H,7,15H2,1H3. The maximum Gasteiger partial charge on any atom is 0.165 e. The minimum atomic E-state index is -0.403. The Morgan fingerprint density at radius 1 is 1.42 bits per heavy atom. The van der Waals surface area contributed by atoms with Gasteiger partial charge in [0.1, 0.15) is 6.33 Å². The van der Waals surface area contributed by atoms with E-state index in [2.05, 4.69) is 15.3 Å². The first-order valence-corrected chi connectivity index (χ1v) is 5.80. The number of rotatable bonds is 5. The number of methoxy groups -OCH3 is 1. The Labute approximate surface area is 110 Å². The number of aromatic nitrogens is 2. The van der Waals surface area contributed by atoms with E-state index in [-0.39, 0.29) is 11.8 Å². The summed E-state index contributed by atoms with van der Waals surface area (Å²) in [6, 6.07) is 6.17. The fourth-order valence-corrected chi connectivity index (χ4v) is 1.71. The number of hydrogen-bond acceptors (Lipinski definition) is 5. The second-order valence-electron chi connectivity index (χ2n) is 3.92. The highest BCUT2D eigenvalue weighted by molar-refractivity contribution is 5.50. The van der Waals surface area contributed by atoms with Crippen molar-refractivity contribution in [2.45, 2.75) is 6.04 Å². The maximum atomic E-state index is 13.3. The molecule has 19 heavy (non-hydrogen) atoms. The molecule has 0 aliphatic carbocycles. The molecule has 3 N–H and O–H groups in total. The largest absolute Gasteiger partial charge is 0.494 e. The highest BCUT2D eigenvalue weighted by atomic mass is 19.1. The zero-order valence-electron chi connectivity index (χ0n) is 10.5. The molecular weight excluding hydrogens is 247 g/mol. The molecule has 0 saturated heterocycles. The van der Waals surface area contributed by atoms with Gasteiger partial charge in [0.15, 0.2) is 11.6 Å². The molecular formula is C13H15FN4O. The van der Waals surface area contributed by atoms with Crippen LogP contribution in [0, 0.1) is 5.82 Å². The van der Waals surface area contributed by atoms with E-state index in [4.69, 9.17) is 10.5 Å². The molecule has 1 aromatic carbocycles. The van der Waals surface area contributed by atoms with Gasteiger partial charge in [0, 0.05) is 24.5 Å². The summed E-state index contributed by atoms with van der Waals surface area (Å²) in [7, 11) is 1.42. The number of hydrogen-bond donors (Lipinski definition) is 2. The van der Waals surface area contributed by atoms with Gasteiger partial charge in [0.05, 0.1) is 18.8 Å². The van der Waals surface area contributed by atoms with Crippen molar-refractivity contribution in [3.63, 3.8) is 0 Å². The maximum absolute atomic E-state index is 13.3. The van der Waals surface area contributed by atoms with Crippen LogP contribution in [0.4, 0.5) is 10.1 Å². The van der Waals surface area contributed by atoms with Gasteiger partial charge in [-0.1, -0.05) is 0 Å². The molecule has 100 valence electrons. The van der Waals surface area contributed by atoms with E-state index >= 15 is 0 Å². The van der Waals surface area contributed by atoms with Crippen LogP contribution in [0.3, 0.4) is 0 Å². The number of ether oxygens (including phenoxy) is 1. The van der Waals surface area contributed by atoms with Gasteiger partial charge in [-0.05, 0) is 18.2 Å². The minimum Gasteiger partial charge on any atom is -0.494 e. The van der Waals surface area contributed by atoms with Crippen LogP contribution in [0.15, 0.2) is 36.8 Å². The van der Waals surface area contributed by atoms with E-state index in [0.29, 0.717) is 12.2 Å². The first-order chi connectivity index (χ1) is 9.24. The quantitative estimate of drug-likeness (QED) is 0.858. The predicted molar refractivity (Wildman–Crippen MR) is 70.4 cm³/mol. The summed E-state index contributed by atoms with van der Waals surface area (Å²) in [4.78, 5) is 8.01. The zero-order chi connectivity index (χ0) is 13.7. The fourth-order valence-electron chi connectivity index (χ4n) is 1.71. The molecule has 1 aromatic heterocycles. The van der Waals surface area contributed by atoms with Crippen LogP contribution in [-0.4, -0.2) is 23.6 Å². The highest BCUT2D eigenvalue weighted by Gasteiger charge is 2.12. The van der Waals surface area contributed by atoms with Crippen molar-refractivity contribution in [3.8, 4) is 5.75 Å². The van der Waals surface area contributed by atoms with E-state index in [1.54, 1.807) is 24.4 Å². The molecule has 0 radical (unpaired) electrons. The third kappa shape index (κ3) is 3.17. The van der Waals surface area contributed by atoms with E-state index in [0.717, 1.165) is 5.69 Å². The SMILES string of the molecule is COc1cc(NC(CN)c2ccncn2)ccc1F. The fraction of sp³-hybridized carbons (Fsp3) is 0.231. The normalized spacial score (nSPS) is 11.9. The third-order valence-electron chi connectivity index (χ3n) is 2.69. The number of nitrogens with zero attached hydrogens (tertiary/aromatic N) is 2. The van der Waals surface area contributed by atoms with Crippen LogP contribution in [0.2, 0.25) is 0 Å². The molecule has 5 nitrogen and oxygen atoms in total. The smallest absolute Gasteiger partial charge is 0.165 e. The highest BCUT2D eigenvalue weighted by Crippen LogP contribution is 2.24. The van der Waals surface area contributed by atoms with Crippen molar-refractivity contribution in [1.29, 1.82) is 0 Å². The van der Waals surface area contributed by atoms with Gasteiger partial charge in [0.25, 0.3) is 0 Å². The van der Waals surface area contributed by atoms with Gasteiger partial charge in [0.2, 0.25) is 0 Å². The van der Waals surface area contributed by atoms with Gasteiger partial charge in [-0.15, -0.1) is 0 Å². The molecule has 2 rings (SSSR count). The molecule has 0 bridgehead atoms. The molecule has 1 atom stereocenters. The summed E-state index contributed by atoms with van der Waals surface area (Å²) in [5, 5.41) is 3.18. The lowest BCUT2D eigenvalue weighted by Crippen LogP contribution is -2.21. The van der Waals surface area contributed by atoms with Gasteiger partial charge < -0.3 is 15.8 Å². The zero-order valence-corrected chi connectivity index (χ0v) is 10.5. The Balaban J connectivity index is 2.19. The number of nitrogens with one attached hydrogen (secondary N) is 1. The van der Waals surface area contributed by atoms with E-state index in [1.165, 1.54) is 19.5 Å². The molecule has 0 fully saturated rings. The summed E-state index contributed by atoms with van der Waals surface area (Å²) in [6.07, 6.45) is 3.11. The van der Waals surface area contributed by atoms with E-state index < -0.39 is 5.82 Å². The first-order valence-electron chi connectivity index (χ1n) is 5.80. The van der Waals surface area contributed by atoms with Gasteiger partial charge in [-0.3, -0.25) is 0 Å². The number of nitrogens with two attached hydrogens (primary N) is 1. The molecule has 6 heteroatoms. The number of anilines is 1. The summed E-state index contributed by atoms with van der Waals surface area (Å²) >= 11 is 0. The van der Waals surface area contributed by atoms with Crippen molar-refractivity contribution >= 4 is 5.69 Å². The molecule has 2 aromatic rings. The molecule has 0 aliphatic rings.